The molecule has 3 nitrogen and oxygen atoms in total. The fourth-order valence-corrected chi connectivity index (χ4v) is 4.56. The van der Waals surface area contributed by atoms with Crippen LogP contribution in [0.3, 0.4) is 0 Å². The summed E-state index contributed by atoms with van der Waals surface area (Å²) in [5, 5.41) is 13.9. The Morgan fingerprint density at radius 1 is 1.29 bits per heavy atom. The maximum atomic E-state index is 12.6. The van der Waals surface area contributed by atoms with E-state index in [2.05, 4.69) is 37.4 Å². The summed E-state index contributed by atoms with van der Waals surface area (Å²) in [6.45, 7) is 6.23. The third-order valence-electron chi connectivity index (χ3n) is 4.64. The molecule has 0 unspecified atom stereocenters. The van der Waals surface area contributed by atoms with Crippen molar-refractivity contribution in [2.24, 2.45) is 11.3 Å². The number of carbonyl (C=O) groups is 1. The van der Waals surface area contributed by atoms with Gasteiger partial charge in [0.15, 0.2) is 5.78 Å². The van der Waals surface area contributed by atoms with Gasteiger partial charge in [-0.2, -0.15) is 5.26 Å². The number of nitrogens with one attached hydrogen (secondary N) is 1. The molecule has 124 valence electrons. The van der Waals surface area contributed by atoms with E-state index in [1.165, 1.54) is 5.56 Å². The molecule has 0 saturated heterocycles. The molecule has 1 heterocycles. The number of nitriles is 1. The van der Waals surface area contributed by atoms with Crippen LogP contribution < -0.4 is 5.32 Å². The van der Waals surface area contributed by atoms with Crippen molar-refractivity contribution in [3.05, 3.63) is 57.8 Å². The molecule has 2 aliphatic rings. The summed E-state index contributed by atoms with van der Waals surface area (Å²) in [5.41, 5.74) is 3.71. The number of hydrogen-bond donors (Lipinski definition) is 1. The van der Waals surface area contributed by atoms with Gasteiger partial charge >= 0.3 is 0 Å². The monoisotopic (exact) mass is 338 g/mol. The Kier molecular flexibility index (Phi) is 4.56. The first-order valence-corrected chi connectivity index (χ1v) is 9.24. The maximum Gasteiger partial charge on any atom is 0.161 e. The molecule has 0 amide bonds. The second-order valence-corrected chi connectivity index (χ2v) is 8.29. The van der Waals surface area contributed by atoms with Gasteiger partial charge in [0.1, 0.15) is 0 Å². The molecule has 0 fully saturated rings. The third-order valence-corrected chi connectivity index (χ3v) is 5.73. The summed E-state index contributed by atoms with van der Waals surface area (Å²) in [6.07, 6.45) is 1.41. The average Bonchev–Trinajstić information content (AvgIpc) is 2.52. The molecular weight excluding hydrogens is 316 g/mol. The van der Waals surface area contributed by atoms with Crippen LogP contribution in [0.1, 0.15) is 39.2 Å². The van der Waals surface area contributed by atoms with E-state index in [1.54, 1.807) is 11.8 Å². The second kappa shape index (κ2) is 6.49. The van der Waals surface area contributed by atoms with Gasteiger partial charge < -0.3 is 5.32 Å². The second-order valence-electron chi connectivity index (χ2n) is 7.31. The zero-order chi connectivity index (χ0) is 17.3. The molecule has 0 aromatic heterocycles. The lowest BCUT2D eigenvalue weighted by molar-refractivity contribution is -0.118. The highest BCUT2D eigenvalue weighted by atomic mass is 32.2. The fourth-order valence-electron chi connectivity index (χ4n) is 3.49. The fraction of sp³-hybridized carbons (Fsp3) is 0.400. The SMILES string of the molecule is C[C@H]1C(C#N)=C(SCc2ccccc2)NC2=C1C(=O)CC(C)(C)C2. The van der Waals surface area contributed by atoms with Gasteiger partial charge in [-0.05, 0) is 17.4 Å². The van der Waals surface area contributed by atoms with Crippen LogP contribution in [0.15, 0.2) is 52.2 Å². The summed E-state index contributed by atoms with van der Waals surface area (Å²) in [5.74, 6) is 0.871. The summed E-state index contributed by atoms with van der Waals surface area (Å²) in [7, 11) is 0. The largest absolute Gasteiger partial charge is 0.352 e. The standard InChI is InChI=1S/C20H22N2OS/c1-13-15(11-21)19(24-12-14-7-5-4-6-8-14)22-16-9-20(2,3)10-17(23)18(13)16/h4-8,13,22H,9-10,12H2,1-3H3/t13-/m0/s1. The number of benzene rings is 1. The Morgan fingerprint density at radius 3 is 2.67 bits per heavy atom. The molecule has 24 heavy (non-hydrogen) atoms. The molecule has 1 N–H and O–H groups in total. The number of ketones is 1. The Labute approximate surface area is 147 Å². The van der Waals surface area contributed by atoms with Crippen LogP contribution in [0.4, 0.5) is 0 Å². The molecule has 1 aliphatic carbocycles. The Bertz CT molecular complexity index is 769. The van der Waals surface area contributed by atoms with Crippen molar-refractivity contribution >= 4 is 17.5 Å². The molecule has 3 rings (SSSR count). The normalized spacial score (nSPS) is 22.8. The van der Waals surface area contributed by atoms with Crippen LogP contribution in [0.5, 0.6) is 0 Å². The van der Waals surface area contributed by atoms with Crippen molar-refractivity contribution in [3.63, 3.8) is 0 Å². The Balaban J connectivity index is 1.86. The van der Waals surface area contributed by atoms with E-state index in [-0.39, 0.29) is 17.1 Å². The molecule has 0 spiro atoms. The Hall–Kier alpha value is -1.99. The predicted molar refractivity (Wildman–Crippen MR) is 97.7 cm³/mol. The number of Topliss-reactive ketones (excluding diaryl/α,β-unsaturated/α-hetero) is 1. The van der Waals surface area contributed by atoms with Crippen LogP contribution in [0.2, 0.25) is 0 Å². The van der Waals surface area contributed by atoms with Gasteiger partial charge in [-0.15, -0.1) is 11.8 Å². The van der Waals surface area contributed by atoms with E-state index >= 15 is 0 Å². The van der Waals surface area contributed by atoms with Gasteiger partial charge in [-0.25, -0.2) is 0 Å². The van der Waals surface area contributed by atoms with Crippen molar-refractivity contribution in [1.82, 2.24) is 5.32 Å². The van der Waals surface area contributed by atoms with Crippen LogP contribution in [-0.4, -0.2) is 5.78 Å². The highest BCUT2D eigenvalue weighted by Gasteiger charge is 2.39. The van der Waals surface area contributed by atoms with Crippen molar-refractivity contribution in [2.45, 2.75) is 39.4 Å². The number of allylic oxidation sites excluding steroid dienone is 3. The minimum atomic E-state index is -0.117. The van der Waals surface area contributed by atoms with Crippen LogP contribution in [0.25, 0.3) is 0 Å². The summed E-state index contributed by atoms with van der Waals surface area (Å²) in [4.78, 5) is 12.6. The van der Waals surface area contributed by atoms with Crippen LogP contribution in [0, 0.1) is 22.7 Å². The molecule has 4 heteroatoms. The van der Waals surface area contributed by atoms with Gasteiger partial charge in [-0.1, -0.05) is 51.1 Å². The molecule has 1 aromatic rings. The van der Waals surface area contributed by atoms with E-state index in [4.69, 9.17) is 0 Å². The van der Waals surface area contributed by atoms with E-state index in [0.29, 0.717) is 12.0 Å². The van der Waals surface area contributed by atoms with Crippen molar-refractivity contribution < 1.29 is 4.79 Å². The topological polar surface area (TPSA) is 52.9 Å². The number of carbonyl (C=O) groups excluding carboxylic acids is 1. The van der Waals surface area contributed by atoms with Gasteiger partial charge in [0.2, 0.25) is 0 Å². The minimum Gasteiger partial charge on any atom is -0.352 e. The van der Waals surface area contributed by atoms with E-state index < -0.39 is 0 Å². The van der Waals surface area contributed by atoms with Crippen molar-refractivity contribution in [2.75, 3.05) is 0 Å². The first-order chi connectivity index (χ1) is 11.4. The van der Waals surface area contributed by atoms with E-state index in [9.17, 15) is 10.1 Å². The molecule has 0 bridgehead atoms. The number of hydrogen-bond acceptors (Lipinski definition) is 4. The van der Waals surface area contributed by atoms with Crippen molar-refractivity contribution in [1.29, 1.82) is 5.26 Å². The number of rotatable bonds is 3. The summed E-state index contributed by atoms with van der Waals surface area (Å²) >= 11 is 1.64. The number of dihydropyridines is 1. The molecule has 1 aliphatic heterocycles. The van der Waals surface area contributed by atoms with Gasteiger partial charge in [0.05, 0.1) is 16.7 Å². The molecule has 1 aromatic carbocycles. The first kappa shape index (κ1) is 16.9. The highest BCUT2D eigenvalue weighted by molar-refractivity contribution is 8.02. The predicted octanol–water partition coefficient (Wildman–Crippen LogP) is 4.54. The lowest BCUT2D eigenvalue weighted by Crippen LogP contribution is -2.36. The number of nitrogens with zero attached hydrogens (tertiary/aromatic N) is 1. The smallest absolute Gasteiger partial charge is 0.161 e. The molecule has 0 radical (unpaired) electrons. The molecule has 0 saturated carbocycles. The average molecular weight is 338 g/mol. The number of thioether (sulfide) groups is 1. The molecule has 1 atom stereocenters. The lowest BCUT2D eigenvalue weighted by Gasteiger charge is -2.37. The minimum absolute atomic E-state index is 0.0258. The van der Waals surface area contributed by atoms with Crippen LogP contribution >= 0.6 is 11.8 Å². The van der Waals surface area contributed by atoms with Gasteiger partial charge in [0.25, 0.3) is 0 Å². The molecular formula is C20H22N2OS. The zero-order valence-electron chi connectivity index (χ0n) is 14.3. The highest BCUT2D eigenvalue weighted by Crippen LogP contribution is 2.44. The summed E-state index contributed by atoms with van der Waals surface area (Å²) < 4.78 is 0. The Morgan fingerprint density at radius 2 is 2.00 bits per heavy atom. The lowest BCUT2D eigenvalue weighted by atomic mass is 9.71. The van der Waals surface area contributed by atoms with Crippen LogP contribution in [-0.2, 0) is 10.5 Å². The van der Waals surface area contributed by atoms with Crippen molar-refractivity contribution in [3.8, 4) is 6.07 Å². The quantitative estimate of drug-likeness (QED) is 0.879. The maximum absolute atomic E-state index is 12.6. The zero-order valence-corrected chi connectivity index (χ0v) is 15.2. The summed E-state index contributed by atoms with van der Waals surface area (Å²) in [6, 6.07) is 12.5. The van der Waals surface area contributed by atoms with E-state index in [0.717, 1.165) is 28.5 Å². The van der Waals surface area contributed by atoms with Gasteiger partial charge in [0, 0.05) is 29.4 Å². The third kappa shape index (κ3) is 3.27. The van der Waals surface area contributed by atoms with E-state index in [1.807, 2.05) is 25.1 Å². The first-order valence-electron chi connectivity index (χ1n) is 8.25. The van der Waals surface area contributed by atoms with Gasteiger partial charge in [-0.3, -0.25) is 4.79 Å².